The fourth-order valence-corrected chi connectivity index (χ4v) is 4.21. The predicted octanol–water partition coefficient (Wildman–Crippen LogP) is 3.74. The van der Waals surface area contributed by atoms with Gasteiger partial charge in [0.25, 0.3) is 5.91 Å². The van der Waals surface area contributed by atoms with Crippen molar-refractivity contribution in [3.05, 3.63) is 60.3 Å². The van der Waals surface area contributed by atoms with Crippen LogP contribution in [0.25, 0.3) is 16.9 Å². The summed E-state index contributed by atoms with van der Waals surface area (Å²) in [5.74, 6) is 0.849. The van der Waals surface area contributed by atoms with Crippen LogP contribution in [0.3, 0.4) is 0 Å². The standard InChI is InChI=1S/C26H30N4O4/c1-33-20-12-13-23(34-2)21(16-20)25-22(17-30(29-25)19-10-4-3-5-11-19)26(32)27-15-14-24(31)28-18-8-6-7-9-18/h3-5,10-13,16-18H,6-9,14-15H2,1-2H3,(H,27,32)(H,28,31). The van der Waals surface area contributed by atoms with Gasteiger partial charge in [0.2, 0.25) is 5.91 Å². The van der Waals surface area contributed by atoms with E-state index in [9.17, 15) is 9.59 Å². The molecule has 0 aliphatic heterocycles. The largest absolute Gasteiger partial charge is 0.497 e. The number of nitrogens with one attached hydrogen (secondary N) is 2. The molecule has 1 aliphatic rings. The smallest absolute Gasteiger partial charge is 0.255 e. The Kier molecular flexibility index (Phi) is 7.47. The molecule has 1 aromatic heterocycles. The lowest BCUT2D eigenvalue weighted by atomic mass is 10.1. The van der Waals surface area contributed by atoms with Crippen LogP contribution in [0.4, 0.5) is 0 Å². The van der Waals surface area contributed by atoms with Gasteiger partial charge in [-0.25, -0.2) is 4.68 Å². The number of carbonyl (C=O) groups excluding carboxylic acids is 2. The van der Waals surface area contributed by atoms with Crippen molar-refractivity contribution in [1.82, 2.24) is 20.4 Å². The summed E-state index contributed by atoms with van der Waals surface area (Å²) in [5, 5.41) is 10.6. The SMILES string of the molecule is COc1ccc(OC)c(-c2nn(-c3ccccc3)cc2C(=O)NCCC(=O)NC2CCCC2)c1. The Balaban J connectivity index is 1.57. The molecule has 0 bridgehead atoms. The fraction of sp³-hybridized carbons (Fsp3) is 0.346. The van der Waals surface area contributed by atoms with Crippen LogP contribution in [-0.2, 0) is 4.79 Å². The van der Waals surface area contributed by atoms with Crippen LogP contribution in [0.15, 0.2) is 54.7 Å². The van der Waals surface area contributed by atoms with Gasteiger partial charge < -0.3 is 20.1 Å². The molecular formula is C26H30N4O4. The van der Waals surface area contributed by atoms with E-state index in [4.69, 9.17) is 14.6 Å². The summed E-state index contributed by atoms with van der Waals surface area (Å²) in [6.45, 7) is 0.239. The second-order valence-corrected chi connectivity index (χ2v) is 8.29. The molecule has 178 valence electrons. The van der Waals surface area contributed by atoms with Crippen LogP contribution in [-0.4, -0.2) is 48.4 Å². The van der Waals surface area contributed by atoms with E-state index in [1.54, 1.807) is 43.3 Å². The number of hydrogen-bond donors (Lipinski definition) is 2. The van der Waals surface area contributed by atoms with Crippen LogP contribution >= 0.6 is 0 Å². The lowest BCUT2D eigenvalue weighted by Crippen LogP contribution is -2.35. The molecule has 2 aromatic carbocycles. The summed E-state index contributed by atoms with van der Waals surface area (Å²) in [4.78, 5) is 25.4. The highest BCUT2D eigenvalue weighted by Gasteiger charge is 2.22. The van der Waals surface area contributed by atoms with E-state index in [0.717, 1.165) is 31.4 Å². The number of aromatic nitrogens is 2. The van der Waals surface area contributed by atoms with Gasteiger partial charge >= 0.3 is 0 Å². The maximum atomic E-state index is 13.2. The molecule has 0 spiro atoms. The molecule has 1 saturated carbocycles. The van der Waals surface area contributed by atoms with Crippen LogP contribution < -0.4 is 20.1 Å². The number of carbonyl (C=O) groups is 2. The Morgan fingerprint density at radius 1 is 1.06 bits per heavy atom. The monoisotopic (exact) mass is 462 g/mol. The number of benzene rings is 2. The van der Waals surface area contributed by atoms with Crippen molar-refractivity contribution in [3.63, 3.8) is 0 Å². The maximum absolute atomic E-state index is 13.2. The Morgan fingerprint density at radius 2 is 1.82 bits per heavy atom. The summed E-state index contributed by atoms with van der Waals surface area (Å²) < 4.78 is 12.6. The lowest BCUT2D eigenvalue weighted by Gasteiger charge is -2.12. The highest BCUT2D eigenvalue weighted by molar-refractivity contribution is 6.00. The van der Waals surface area contributed by atoms with E-state index in [2.05, 4.69) is 10.6 Å². The van der Waals surface area contributed by atoms with Crippen LogP contribution in [0.5, 0.6) is 11.5 Å². The molecule has 4 rings (SSSR count). The average molecular weight is 463 g/mol. The van der Waals surface area contributed by atoms with Crippen molar-refractivity contribution in [2.45, 2.75) is 38.1 Å². The van der Waals surface area contributed by atoms with Crippen molar-refractivity contribution in [2.75, 3.05) is 20.8 Å². The molecule has 8 heteroatoms. The molecular weight excluding hydrogens is 432 g/mol. The minimum absolute atomic E-state index is 0.0399. The second-order valence-electron chi connectivity index (χ2n) is 8.29. The summed E-state index contributed by atoms with van der Waals surface area (Å²) in [6, 6.07) is 15.2. The molecule has 8 nitrogen and oxygen atoms in total. The van der Waals surface area contributed by atoms with Crippen LogP contribution in [0.1, 0.15) is 42.5 Å². The van der Waals surface area contributed by atoms with Crippen molar-refractivity contribution in [2.24, 2.45) is 0 Å². The van der Waals surface area contributed by atoms with Gasteiger partial charge in [0.05, 0.1) is 25.5 Å². The first-order valence-electron chi connectivity index (χ1n) is 11.5. The van der Waals surface area contributed by atoms with E-state index >= 15 is 0 Å². The van der Waals surface area contributed by atoms with Crippen LogP contribution in [0, 0.1) is 0 Å². The van der Waals surface area contributed by atoms with Gasteiger partial charge in [-0.2, -0.15) is 5.10 Å². The molecule has 2 amide bonds. The van der Waals surface area contributed by atoms with Gasteiger partial charge in [-0.1, -0.05) is 31.0 Å². The zero-order valence-corrected chi connectivity index (χ0v) is 19.5. The first-order valence-corrected chi connectivity index (χ1v) is 11.5. The first-order chi connectivity index (χ1) is 16.6. The molecule has 0 radical (unpaired) electrons. The van der Waals surface area contributed by atoms with Crippen molar-refractivity contribution < 1.29 is 19.1 Å². The van der Waals surface area contributed by atoms with Gasteiger partial charge in [0.1, 0.15) is 17.2 Å². The van der Waals surface area contributed by atoms with Gasteiger partial charge in [-0.3, -0.25) is 9.59 Å². The molecule has 0 atom stereocenters. The van der Waals surface area contributed by atoms with Gasteiger partial charge in [0, 0.05) is 30.8 Å². The van der Waals surface area contributed by atoms with E-state index in [0.29, 0.717) is 28.3 Å². The number of amides is 2. The van der Waals surface area contributed by atoms with Gasteiger partial charge in [-0.15, -0.1) is 0 Å². The van der Waals surface area contributed by atoms with E-state index in [1.807, 2.05) is 30.3 Å². The highest BCUT2D eigenvalue weighted by atomic mass is 16.5. The Labute approximate surface area is 199 Å². The second kappa shape index (κ2) is 10.9. The number of para-hydroxylation sites is 1. The van der Waals surface area contributed by atoms with Crippen molar-refractivity contribution in [1.29, 1.82) is 0 Å². The third-order valence-corrected chi connectivity index (χ3v) is 6.00. The summed E-state index contributed by atoms with van der Waals surface area (Å²) in [6.07, 6.45) is 6.29. The number of methoxy groups -OCH3 is 2. The van der Waals surface area contributed by atoms with Crippen molar-refractivity contribution in [3.8, 4) is 28.4 Å². The molecule has 1 fully saturated rings. The topological polar surface area (TPSA) is 94.5 Å². The van der Waals surface area contributed by atoms with Gasteiger partial charge in [0.15, 0.2) is 0 Å². The van der Waals surface area contributed by atoms with E-state index in [1.165, 1.54) is 0 Å². The zero-order chi connectivity index (χ0) is 23.9. The molecule has 3 aromatic rings. The summed E-state index contributed by atoms with van der Waals surface area (Å²) >= 11 is 0. The molecule has 0 saturated heterocycles. The minimum atomic E-state index is -0.310. The summed E-state index contributed by atoms with van der Waals surface area (Å²) in [5.41, 5.74) is 2.31. The quantitative estimate of drug-likeness (QED) is 0.505. The average Bonchev–Trinajstić information content (AvgIpc) is 3.54. The molecule has 0 unspecified atom stereocenters. The number of hydrogen-bond acceptors (Lipinski definition) is 5. The summed E-state index contributed by atoms with van der Waals surface area (Å²) in [7, 11) is 3.15. The number of nitrogens with zero attached hydrogens (tertiary/aromatic N) is 2. The number of rotatable bonds is 9. The molecule has 34 heavy (non-hydrogen) atoms. The third kappa shape index (κ3) is 5.39. The molecule has 1 heterocycles. The minimum Gasteiger partial charge on any atom is -0.497 e. The normalized spacial score (nSPS) is 13.5. The Hall–Kier alpha value is -3.81. The van der Waals surface area contributed by atoms with E-state index < -0.39 is 0 Å². The Morgan fingerprint density at radius 3 is 2.53 bits per heavy atom. The van der Waals surface area contributed by atoms with E-state index in [-0.39, 0.29) is 30.8 Å². The third-order valence-electron chi connectivity index (χ3n) is 6.00. The van der Waals surface area contributed by atoms with Gasteiger partial charge in [-0.05, 0) is 43.2 Å². The highest BCUT2D eigenvalue weighted by Crippen LogP contribution is 2.35. The van der Waals surface area contributed by atoms with Crippen molar-refractivity contribution >= 4 is 11.8 Å². The molecule has 1 aliphatic carbocycles. The van der Waals surface area contributed by atoms with Crippen LogP contribution in [0.2, 0.25) is 0 Å². The maximum Gasteiger partial charge on any atom is 0.255 e. The lowest BCUT2D eigenvalue weighted by molar-refractivity contribution is -0.121. The predicted molar refractivity (Wildman–Crippen MR) is 129 cm³/mol. The molecule has 2 N–H and O–H groups in total. The first kappa shape index (κ1) is 23.4. The zero-order valence-electron chi connectivity index (χ0n) is 19.5. The Bertz CT molecular complexity index is 1140. The number of ether oxygens (including phenoxy) is 2. The fourth-order valence-electron chi connectivity index (χ4n) is 4.21.